The van der Waals surface area contributed by atoms with Crippen molar-refractivity contribution in [3.8, 4) is 0 Å². The summed E-state index contributed by atoms with van der Waals surface area (Å²) in [5.41, 5.74) is 1.11. The Labute approximate surface area is 72.1 Å². The van der Waals surface area contributed by atoms with Crippen LogP contribution in [0.15, 0.2) is 30.3 Å². The second-order valence-corrected chi connectivity index (χ2v) is 5.47. The van der Waals surface area contributed by atoms with Crippen LogP contribution < -0.4 is 0 Å². The largest absolute Gasteiger partial charge is 0.228 e. The van der Waals surface area contributed by atoms with Crippen molar-refractivity contribution >= 4 is 9.84 Å². The lowest BCUT2D eigenvalue weighted by Gasteiger charge is -1.94. The molecule has 0 amide bonds. The molecule has 64 valence electrons. The standard InChI is InChI=1S/C9H10O2S/c10-12(11)7-9(12)6-8-4-2-1-3-5-8/h1-5,9H,6-7H2. The molecule has 0 spiro atoms. The lowest BCUT2D eigenvalue weighted by molar-refractivity contribution is 0.612. The third kappa shape index (κ3) is 1.50. The van der Waals surface area contributed by atoms with Crippen LogP contribution in [0.25, 0.3) is 0 Å². The van der Waals surface area contributed by atoms with Crippen molar-refractivity contribution in [2.75, 3.05) is 5.75 Å². The topological polar surface area (TPSA) is 34.1 Å². The highest BCUT2D eigenvalue weighted by atomic mass is 32.2. The Hall–Kier alpha value is -0.830. The molecule has 0 bridgehead atoms. The Bertz CT molecular complexity index is 367. The van der Waals surface area contributed by atoms with E-state index in [2.05, 4.69) is 0 Å². The molecule has 0 N–H and O–H groups in total. The fourth-order valence-electron chi connectivity index (χ4n) is 1.28. The van der Waals surface area contributed by atoms with Gasteiger partial charge in [-0.1, -0.05) is 30.3 Å². The molecule has 1 unspecified atom stereocenters. The SMILES string of the molecule is O=S1(=O)CC1Cc1ccccc1. The van der Waals surface area contributed by atoms with Crippen molar-refractivity contribution in [2.24, 2.45) is 0 Å². The van der Waals surface area contributed by atoms with Gasteiger partial charge in [0.15, 0.2) is 9.84 Å². The lowest BCUT2D eigenvalue weighted by Crippen LogP contribution is -1.94. The van der Waals surface area contributed by atoms with Gasteiger partial charge in [0.1, 0.15) is 0 Å². The first-order valence-electron chi connectivity index (χ1n) is 3.94. The summed E-state index contributed by atoms with van der Waals surface area (Å²) in [5.74, 6) is 0.377. The number of hydrogen-bond acceptors (Lipinski definition) is 2. The van der Waals surface area contributed by atoms with E-state index in [0.29, 0.717) is 12.2 Å². The summed E-state index contributed by atoms with van der Waals surface area (Å²) in [5, 5.41) is -0.0973. The zero-order valence-electron chi connectivity index (χ0n) is 6.60. The highest BCUT2D eigenvalue weighted by Crippen LogP contribution is 2.24. The molecule has 0 aliphatic carbocycles. The van der Waals surface area contributed by atoms with Gasteiger partial charge in [0.2, 0.25) is 0 Å². The van der Waals surface area contributed by atoms with E-state index in [1.807, 2.05) is 30.3 Å². The molecule has 1 aliphatic heterocycles. The van der Waals surface area contributed by atoms with E-state index in [9.17, 15) is 8.42 Å². The molecule has 1 aromatic carbocycles. The van der Waals surface area contributed by atoms with Crippen LogP contribution in [0.3, 0.4) is 0 Å². The Balaban J connectivity index is 2.07. The van der Waals surface area contributed by atoms with Gasteiger partial charge >= 0.3 is 0 Å². The third-order valence-electron chi connectivity index (χ3n) is 2.12. The fraction of sp³-hybridized carbons (Fsp3) is 0.333. The van der Waals surface area contributed by atoms with E-state index in [-0.39, 0.29) is 5.25 Å². The van der Waals surface area contributed by atoms with Gasteiger partial charge in [0.05, 0.1) is 11.0 Å². The molecule has 1 aliphatic rings. The minimum absolute atomic E-state index is 0.0973. The van der Waals surface area contributed by atoms with E-state index < -0.39 is 9.84 Å². The summed E-state index contributed by atoms with van der Waals surface area (Å²) in [4.78, 5) is 0. The minimum Gasteiger partial charge on any atom is -0.228 e. The zero-order valence-corrected chi connectivity index (χ0v) is 7.42. The van der Waals surface area contributed by atoms with Gasteiger partial charge in [-0.25, -0.2) is 8.42 Å². The molecule has 0 saturated carbocycles. The van der Waals surface area contributed by atoms with Gasteiger partial charge in [-0.3, -0.25) is 0 Å². The quantitative estimate of drug-likeness (QED) is 0.640. The first-order valence-corrected chi connectivity index (χ1v) is 5.65. The number of rotatable bonds is 2. The first kappa shape index (κ1) is 7.80. The monoisotopic (exact) mass is 182 g/mol. The summed E-state index contributed by atoms with van der Waals surface area (Å²) in [6.45, 7) is 0. The Morgan fingerprint density at radius 2 is 1.83 bits per heavy atom. The van der Waals surface area contributed by atoms with E-state index in [1.54, 1.807) is 0 Å². The smallest absolute Gasteiger partial charge is 0.155 e. The maximum atomic E-state index is 10.9. The van der Waals surface area contributed by atoms with Crippen molar-refractivity contribution in [3.05, 3.63) is 35.9 Å². The van der Waals surface area contributed by atoms with Gasteiger partial charge in [0.25, 0.3) is 0 Å². The molecule has 1 fully saturated rings. The maximum absolute atomic E-state index is 10.9. The van der Waals surface area contributed by atoms with Crippen LogP contribution in [0.1, 0.15) is 5.56 Å². The van der Waals surface area contributed by atoms with Crippen LogP contribution in [-0.4, -0.2) is 19.4 Å². The molecule has 3 heteroatoms. The second kappa shape index (κ2) is 2.59. The molecule has 1 aromatic rings. The average molecular weight is 182 g/mol. The average Bonchev–Trinajstić information content (AvgIpc) is 2.61. The van der Waals surface area contributed by atoms with Crippen LogP contribution in [0, 0.1) is 0 Å². The molecule has 1 atom stereocenters. The summed E-state index contributed by atoms with van der Waals surface area (Å²) < 4.78 is 21.8. The van der Waals surface area contributed by atoms with E-state index >= 15 is 0 Å². The molecule has 1 saturated heterocycles. The van der Waals surface area contributed by atoms with E-state index in [4.69, 9.17) is 0 Å². The highest BCUT2D eigenvalue weighted by Gasteiger charge is 2.42. The second-order valence-electron chi connectivity index (χ2n) is 3.14. The zero-order chi connectivity index (χ0) is 8.60. The van der Waals surface area contributed by atoms with Crippen molar-refractivity contribution < 1.29 is 8.42 Å². The number of sulfone groups is 1. The van der Waals surface area contributed by atoms with Gasteiger partial charge < -0.3 is 0 Å². The Morgan fingerprint density at radius 3 is 2.33 bits per heavy atom. The van der Waals surface area contributed by atoms with Gasteiger partial charge in [-0.15, -0.1) is 0 Å². The van der Waals surface area contributed by atoms with Gasteiger partial charge in [-0.2, -0.15) is 0 Å². The molecule has 1 heterocycles. The van der Waals surface area contributed by atoms with E-state index in [0.717, 1.165) is 5.56 Å². The fourth-order valence-corrected chi connectivity index (χ4v) is 2.62. The van der Waals surface area contributed by atoms with Gasteiger partial charge in [-0.05, 0) is 12.0 Å². The van der Waals surface area contributed by atoms with Crippen LogP contribution in [-0.2, 0) is 16.3 Å². The summed E-state index contributed by atoms with van der Waals surface area (Å²) in [6.07, 6.45) is 0.684. The maximum Gasteiger partial charge on any atom is 0.155 e. The molecule has 2 nitrogen and oxygen atoms in total. The van der Waals surface area contributed by atoms with Crippen LogP contribution >= 0.6 is 0 Å². The van der Waals surface area contributed by atoms with Gasteiger partial charge in [0, 0.05) is 0 Å². The molecule has 12 heavy (non-hydrogen) atoms. The predicted octanol–water partition coefficient (Wildman–Crippen LogP) is 1.03. The van der Waals surface area contributed by atoms with Crippen LogP contribution in [0.5, 0.6) is 0 Å². The summed E-state index contributed by atoms with van der Waals surface area (Å²) in [6, 6.07) is 9.74. The first-order chi connectivity index (χ1) is 5.68. The van der Waals surface area contributed by atoms with Crippen molar-refractivity contribution in [2.45, 2.75) is 11.7 Å². The Kier molecular flexibility index (Phi) is 1.68. The molecule has 0 aromatic heterocycles. The number of benzene rings is 1. The molecule has 2 rings (SSSR count). The summed E-state index contributed by atoms with van der Waals surface area (Å²) in [7, 11) is -2.66. The van der Waals surface area contributed by atoms with Crippen molar-refractivity contribution in [1.29, 1.82) is 0 Å². The van der Waals surface area contributed by atoms with Crippen molar-refractivity contribution in [1.82, 2.24) is 0 Å². The Morgan fingerprint density at radius 1 is 1.25 bits per heavy atom. The lowest BCUT2D eigenvalue weighted by atomic mass is 10.1. The normalized spacial score (nSPS) is 25.2. The number of hydrogen-bond donors (Lipinski definition) is 0. The highest BCUT2D eigenvalue weighted by molar-refractivity contribution is 7.99. The third-order valence-corrected chi connectivity index (χ3v) is 3.90. The molecular weight excluding hydrogens is 172 g/mol. The molecular formula is C9H10O2S. The summed E-state index contributed by atoms with van der Waals surface area (Å²) >= 11 is 0. The van der Waals surface area contributed by atoms with E-state index in [1.165, 1.54) is 0 Å². The van der Waals surface area contributed by atoms with Crippen LogP contribution in [0.4, 0.5) is 0 Å². The van der Waals surface area contributed by atoms with Crippen molar-refractivity contribution in [3.63, 3.8) is 0 Å². The van der Waals surface area contributed by atoms with Crippen LogP contribution in [0.2, 0.25) is 0 Å². The predicted molar refractivity (Wildman–Crippen MR) is 47.7 cm³/mol. The minimum atomic E-state index is -2.66. The molecule has 0 radical (unpaired) electrons.